The fourth-order valence-corrected chi connectivity index (χ4v) is 1.42. The van der Waals surface area contributed by atoms with Gasteiger partial charge in [-0.25, -0.2) is 4.98 Å². The van der Waals surface area contributed by atoms with Gasteiger partial charge in [0.15, 0.2) is 0 Å². The first-order valence-electron chi connectivity index (χ1n) is 4.50. The molecule has 0 saturated heterocycles. The second-order valence-electron chi connectivity index (χ2n) is 3.19. The van der Waals surface area contributed by atoms with E-state index in [0.717, 1.165) is 5.56 Å². The Kier molecular flexibility index (Phi) is 2.56. The smallest absolute Gasteiger partial charge is 0.307 e. The molecule has 0 saturated carbocycles. The summed E-state index contributed by atoms with van der Waals surface area (Å²) in [7, 11) is 0. The van der Waals surface area contributed by atoms with E-state index in [1.54, 1.807) is 6.92 Å². The van der Waals surface area contributed by atoms with Gasteiger partial charge in [0.1, 0.15) is 11.4 Å². The quantitative estimate of drug-likeness (QED) is 0.547. The highest BCUT2D eigenvalue weighted by Crippen LogP contribution is 2.17. The number of aryl methyl sites for hydroxylation is 1. The van der Waals surface area contributed by atoms with E-state index in [1.807, 2.05) is 30.3 Å². The van der Waals surface area contributed by atoms with Crippen molar-refractivity contribution in [3.05, 3.63) is 52.6 Å². The number of hydrogen-bond acceptors (Lipinski definition) is 2. The van der Waals surface area contributed by atoms with Crippen molar-refractivity contribution in [2.75, 3.05) is 0 Å². The van der Waals surface area contributed by atoms with Crippen LogP contribution in [0.1, 0.15) is 5.69 Å². The van der Waals surface area contributed by atoms with E-state index in [9.17, 15) is 5.21 Å². The molecule has 0 aliphatic heterocycles. The number of aromatic nitrogens is 2. The lowest BCUT2D eigenvalue weighted by atomic mass is 10.2. The Morgan fingerprint density at radius 1 is 1.27 bits per heavy atom. The van der Waals surface area contributed by atoms with Crippen LogP contribution < -0.4 is 4.73 Å². The number of benzene rings is 1. The summed E-state index contributed by atoms with van der Waals surface area (Å²) in [6.45, 7) is 1.71. The van der Waals surface area contributed by atoms with Crippen LogP contribution in [0.4, 0.5) is 0 Å². The van der Waals surface area contributed by atoms with Gasteiger partial charge in [0.2, 0.25) is 6.20 Å². The predicted octanol–water partition coefficient (Wildman–Crippen LogP) is 2.34. The summed E-state index contributed by atoms with van der Waals surface area (Å²) in [5.74, 6) is 0. The molecule has 0 bridgehead atoms. The zero-order valence-electron chi connectivity index (χ0n) is 8.14. The highest BCUT2D eigenvalue weighted by atomic mass is 35.5. The van der Waals surface area contributed by atoms with Crippen molar-refractivity contribution in [3.8, 4) is 11.3 Å². The van der Waals surface area contributed by atoms with Crippen LogP contribution in [0.3, 0.4) is 0 Å². The first kappa shape index (κ1) is 9.93. The molecule has 2 rings (SSSR count). The third-order valence-electron chi connectivity index (χ3n) is 2.09. The fraction of sp³-hybridized carbons (Fsp3) is 0.0909. The van der Waals surface area contributed by atoms with Gasteiger partial charge in [-0.1, -0.05) is 30.3 Å². The van der Waals surface area contributed by atoms with E-state index in [1.165, 1.54) is 6.20 Å². The molecule has 0 radical (unpaired) electrons. The highest BCUT2D eigenvalue weighted by Gasteiger charge is 2.11. The Morgan fingerprint density at radius 2 is 1.93 bits per heavy atom. The number of halogens is 1. The van der Waals surface area contributed by atoms with Crippen molar-refractivity contribution in [1.82, 2.24) is 4.98 Å². The summed E-state index contributed by atoms with van der Waals surface area (Å²) in [5.41, 5.74) is 2.07. The second-order valence-corrected chi connectivity index (χ2v) is 3.55. The van der Waals surface area contributed by atoms with E-state index < -0.39 is 0 Å². The molecule has 0 atom stereocenters. The zero-order chi connectivity index (χ0) is 10.8. The molecule has 3 nitrogen and oxygen atoms in total. The van der Waals surface area contributed by atoms with E-state index in [0.29, 0.717) is 16.1 Å². The Hall–Kier alpha value is -1.61. The molecule has 0 amide bonds. The second kappa shape index (κ2) is 3.87. The first-order valence-corrected chi connectivity index (χ1v) is 4.88. The molecule has 1 aromatic carbocycles. The molecular weight excluding hydrogens is 212 g/mol. The minimum absolute atomic E-state index is 0.120. The third kappa shape index (κ3) is 1.92. The largest absolute Gasteiger partial charge is 0.618 e. The lowest BCUT2D eigenvalue weighted by Gasteiger charge is -2.04. The van der Waals surface area contributed by atoms with E-state index in [-0.39, 0.29) is 5.15 Å². The van der Waals surface area contributed by atoms with E-state index in [4.69, 9.17) is 11.6 Å². The standard InChI is InChI=1S/C11H9ClN2O/c1-8-11(12)14(15)7-10(13-8)9-5-3-2-4-6-9/h2-7H,1H3. The summed E-state index contributed by atoms with van der Waals surface area (Å²) in [6, 6.07) is 9.51. The molecule has 1 aromatic heterocycles. The van der Waals surface area contributed by atoms with Crippen LogP contribution in [0.15, 0.2) is 36.5 Å². The van der Waals surface area contributed by atoms with Crippen molar-refractivity contribution in [2.45, 2.75) is 6.92 Å². The average molecular weight is 221 g/mol. The lowest BCUT2D eigenvalue weighted by molar-refractivity contribution is -0.603. The van der Waals surface area contributed by atoms with Crippen LogP contribution >= 0.6 is 11.6 Å². The van der Waals surface area contributed by atoms with Gasteiger partial charge in [-0.05, 0) is 18.5 Å². The molecule has 1 heterocycles. The maximum Gasteiger partial charge on any atom is 0.307 e. The molecular formula is C11H9ClN2O. The molecule has 0 aliphatic carbocycles. The SMILES string of the molecule is Cc1nc(-c2ccccc2)c[n+]([O-])c1Cl. The Bertz CT molecular complexity index is 462. The van der Waals surface area contributed by atoms with Crippen LogP contribution in [0.2, 0.25) is 5.15 Å². The molecule has 76 valence electrons. The predicted molar refractivity (Wildman–Crippen MR) is 58.4 cm³/mol. The van der Waals surface area contributed by atoms with Crippen LogP contribution in [0.5, 0.6) is 0 Å². The highest BCUT2D eigenvalue weighted by molar-refractivity contribution is 6.29. The van der Waals surface area contributed by atoms with Crippen LogP contribution in [-0.2, 0) is 0 Å². The number of nitrogens with zero attached hydrogens (tertiary/aromatic N) is 2. The summed E-state index contributed by atoms with van der Waals surface area (Å²) in [4.78, 5) is 4.25. The van der Waals surface area contributed by atoms with Gasteiger partial charge in [-0.3, -0.25) is 0 Å². The average Bonchev–Trinajstić information content (AvgIpc) is 2.26. The fourth-order valence-electron chi connectivity index (χ4n) is 1.33. The van der Waals surface area contributed by atoms with Gasteiger partial charge in [0.05, 0.1) is 0 Å². The summed E-state index contributed by atoms with van der Waals surface area (Å²) < 4.78 is 0.631. The van der Waals surface area contributed by atoms with Crippen molar-refractivity contribution >= 4 is 11.6 Å². The Morgan fingerprint density at radius 3 is 2.53 bits per heavy atom. The van der Waals surface area contributed by atoms with Crippen molar-refractivity contribution in [3.63, 3.8) is 0 Å². The normalized spacial score (nSPS) is 10.3. The molecule has 0 N–H and O–H groups in total. The first-order chi connectivity index (χ1) is 7.18. The zero-order valence-corrected chi connectivity index (χ0v) is 8.90. The van der Waals surface area contributed by atoms with Gasteiger partial charge in [0, 0.05) is 5.56 Å². The van der Waals surface area contributed by atoms with E-state index in [2.05, 4.69) is 4.98 Å². The molecule has 0 aliphatic rings. The van der Waals surface area contributed by atoms with Crippen molar-refractivity contribution in [1.29, 1.82) is 0 Å². The van der Waals surface area contributed by atoms with Crippen molar-refractivity contribution in [2.24, 2.45) is 0 Å². The monoisotopic (exact) mass is 220 g/mol. The summed E-state index contributed by atoms with van der Waals surface area (Å²) >= 11 is 5.73. The van der Waals surface area contributed by atoms with Gasteiger partial charge in [-0.15, -0.1) is 0 Å². The maximum absolute atomic E-state index is 11.4. The number of rotatable bonds is 1. The topological polar surface area (TPSA) is 39.8 Å². The summed E-state index contributed by atoms with van der Waals surface area (Å²) in [5, 5.41) is 11.5. The molecule has 0 fully saturated rings. The van der Waals surface area contributed by atoms with Crippen LogP contribution in [0, 0.1) is 12.1 Å². The lowest BCUT2D eigenvalue weighted by Crippen LogP contribution is -2.28. The minimum atomic E-state index is 0.120. The number of hydrogen-bond donors (Lipinski definition) is 0. The maximum atomic E-state index is 11.4. The molecule has 2 aromatic rings. The molecule has 15 heavy (non-hydrogen) atoms. The van der Waals surface area contributed by atoms with Crippen molar-refractivity contribution < 1.29 is 4.73 Å². The van der Waals surface area contributed by atoms with E-state index >= 15 is 0 Å². The van der Waals surface area contributed by atoms with Gasteiger partial charge < -0.3 is 5.21 Å². The van der Waals surface area contributed by atoms with Crippen LogP contribution in [-0.4, -0.2) is 4.98 Å². The third-order valence-corrected chi connectivity index (χ3v) is 2.53. The molecule has 0 spiro atoms. The minimum Gasteiger partial charge on any atom is -0.618 e. The molecule has 0 unspecified atom stereocenters. The van der Waals surface area contributed by atoms with Gasteiger partial charge >= 0.3 is 5.15 Å². The van der Waals surface area contributed by atoms with Gasteiger partial charge in [0.25, 0.3) is 0 Å². The summed E-state index contributed by atoms with van der Waals surface area (Å²) in [6.07, 6.45) is 1.38. The Balaban J connectivity index is 2.56. The Labute approximate surface area is 92.6 Å². The van der Waals surface area contributed by atoms with Crippen LogP contribution in [0.25, 0.3) is 11.3 Å². The molecule has 4 heteroatoms. The van der Waals surface area contributed by atoms with Gasteiger partial charge in [-0.2, -0.15) is 4.73 Å².